The number of aliphatic hydroxyl groups is 2. The van der Waals surface area contributed by atoms with E-state index in [1.165, 1.54) is 11.1 Å². The number of aryl methyl sites for hydroxylation is 1. The van der Waals surface area contributed by atoms with E-state index in [0.29, 0.717) is 18.8 Å². The zero-order chi connectivity index (χ0) is 16.5. The fourth-order valence-corrected chi connectivity index (χ4v) is 2.54. The van der Waals surface area contributed by atoms with Gasteiger partial charge in [-0.2, -0.15) is 0 Å². The van der Waals surface area contributed by atoms with E-state index >= 15 is 0 Å². The van der Waals surface area contributed by atoms with E-state index < -0.39 is 12.2 Å². The van der Waals surface area contributed by atoms with E-state index in [-0.39, 0.29) is 0 Å². The highest BCUT2D eigenvalue weighted by molar-refractivity contribution is 5.39. The van der Waals surface area contributed by atoms with Crippen LogP contribution in [0.4, 0.5) is 0 Å². The van der Waals surface area contributed by atoms with Gasteiger partial charge >= 0.3 is 0 Å². The molecule has 3 heteroatoms. The van der Waals surface area contributed by atoms with Crippen molar-refractivity contribution < 1.29 is 14.9 Å². The van der Waals surface area contributed by atoms with Crippen LogP contribution in [0.2, 0.25) is 0 Å². The Hall–Kier alpha value is -1.06. The van der Waals surface area contributed by atoms with Crippen LogP contribution >= 0.6 is 0 Å². The third-order valence-corrected chi connectivity index (χ3v) is 3.92. The van der Waals surface area contributed by atoms with Crippen molar-refractivity contribution >= 4 is 0 Å². The standard InChI is InChI=1S/C19H32O3/c1-5-7-17(20)18(21)10-8-15-9-11-19(22-12-6-2)16(13-15)14(3)4/h9,11,13-14,17-18,20-21H,5-8,10,12H2,1-4H3. The van der Waals surface area contributed by atoms with E-state index in [4.69, 9.17) is 4.74 Å². The Morgan fingerprint density at radius 1 is 1.00 bits per heavy atom. The van der Waals surface area contributed by atoms with Crippen molar-refractivity contribution in [2.75, 3.05) is 6.61 Å². The van der Waals surface area contributed by atoms with Crippen LogP contribution in [0.25, 0.3) is 0 Å². The van der Waals surface area contributed by atoms with Gasteiger partial charge in [-0.25, -0.2) is 0 Å². The highest BCUT2D eigenvalue weighted by Crippen LogP contribution is 2.28. The van der Waals surface area contributed by atoms with Crippen molar-refractivity contribution in [3.05, 3.63) is 29.3 Å². The molecule has 0 aliphatic carbocycles. The lowest BCUT2D eigenvalue weighted by atomic mass is 9.96. The lowest BCUT2D eigenvalue weighted by Crippen LogP contribution is -2.26. The molecule has 0 aliphatic heterocycles. The van der Waals surface area contributed by atoms with Gasteiger partial charge in [0.15, 0.2) is 0 Å². The molecule has 126 valence electrons. The minimum Gasteiger partial charge on any atom is -0.493 e. The van der Waals surface area contributed by atoms with Crippen LogP contribution in [0.3, 0.4) is 0 Å². The Morgan fingerprint density at radius 3 is 2.27 bits per heavy atom. The lowest BCUT2D eigenvalue weighted by Gasteiger charge is -2.18. The van der Waals surface area contributed by atoms with Crippen LogP contribution in [0, 0.1) is 0 Å². The maximum absolute atomic E-state index is 9.98. The molecule has 0 spiro atoms. The first-order chi connectivity index (χ1) is 10.5. The van der Waals surface area contributed by atoms with Crippen molar-refractivity contribution in [3.8, 4) is 5.75 Å². The van der Waals surface area contributed by atoms with Crippen molar-refractivity contribution in [1.29, 1.82) is 0 Å². The fourth-order valence-electron chi connectivity index (χ4n) is 2.54. The van der Waals surface area contributed by atoms with Gasteiger partial charge in [-0.15, -0.1) is 0 Å². The molecule has 0 radical (unpaired) electrons. The first-order valence-electron chi connectivity index (χ1n) is 8.61. The summed E-state index contributed by atoms with van der Waals surface area (Å²) < 4.78 is 5.81. The second kappa shape index (κ2) is 9.86. The molecule has 22 heavy (non-hydrogen) atoms. The number of benzene rings is 1. The molecule has 0 heterocycles. The summed E-state index contributed by atoms with van der Waals surface area (Å²) in [5, 5.41) is 19.8. The van der Waals surface area contributed by atoms with E-state index in [1.54, 1.807) is 0 Å². The van der Waals surface area contributed by atoms with Gasteiger partial charge in [-0.1, -0.05) is 46.2 Å². The number of hydrogen-bond acceptors (Lipinski definition) is 3. The molecule has 0 aromatic heterocycles. The van der Waals surface area contributed by atoms with E-state index in [9.17, 15) is 10.2 Å². The summed E-state index contributed by atoms with van der Waals surface area (Å²) in [6.07, 6.45) is 2.66. The predicted octanol–water partition coefficient (Wildman–Crippen LogP) is 4.05. The van der Waals surface area contributed by atoms with Crippen LogP contribution in [-0.4, -0.2) is 29.0 Å². The number of rotatable bonds is 10. The SMILES string of the molecule is CCCOc1ccc(CCC(O)C(O)CCC)cc1C(C)C. The zero-order valence-corrected chi connectivity index (χ0v) is 14.5. The quantitative estimate of drug-likeness (QED) is 0.685. The van der Waals surface area contributed by atoms with Gasteiger partial charge in [0, 0.05) is 0 Å². The Balaban J connectivity index is 2.69. The Kier molecular flexibility index (Phi) is 8.51. The van der Waals surface area contributed by atoms with Gasteiger partial charge in [-0.3, -0.25) is 0 Å². The van der Waals surface area contributed by atoms with Gasteiger partial charge in [0.2, 0.25) is 0 Å². The third kappa shape index (κ3) is 5.98. The minimum absolute atomic E-state index is 0.405. The van der Waals surface area contributed by atoms with Crippen LogP contribution in [0.5, 0.6) is 5.75 Å². The fraction of sp³-hybridized carbons (Fsp3) is 0.684. The summed E-state index contributed by atoms with van der Waals surface area (Å²) in [5.74, 6) is 1.37. The molecular formula is C19H32O3. The van der Waals surface area contributed by atoms with Crippen LogP contribution in [0.15, 0.2) is 18.2 Å². The van der Waals surface area contributed by atoms with Crippen molar-refractivity contribution in [2.24, 2.45) is 0 Å². The molecule has 0 amide bonds. The summed E-state index contributed by atoms with van der Waals surface area (Å²) in [5.41, 5.74) is 2.41. The summed E-state index contributed by atoms with van der Waals surface area (Å²) >= 11 is 0. The number of ether oxygens (including phenoxy) is 1. The van der Waals surface area contributed by atoms with Gasteiger partial charge in [0.1, 0.15) is 5.75 Å². The second-order valence-corrected chi connectivity index (χ2v) is 6.34. The van der Waals surface area contributed by atoms with E-state index in [1.807, 2.05) is 13.0 Å². The highest BCUT2D eigenvalue weighted by atomic mass is 16.5. The van der Waals surface area contributed by atoms with Crippen molar-refractivity contribution in [2.45, 2.75) is 77.9 Å². The van der Waals surface area contributed by atoms with Gasteiger partial charge < -0.3 is 14.9 Å². The number of hydrogen-bond donors (Lipinski definition) is 2. The topological polar surface area (TPSA) is 49.7 Å². The lowest BCUT2D eigenvalue weighted by molar-refractivity contribution is 0.00980. The first-order valence-corrected chi connectivity index (χ1v) is 8.61. The summed E-state index contributed by atoms with van der Waals surface area (Å²) in [4.78, 5) is 0. The van der Waals surface area contributed by atoms with Crippen LogP contribution < -0.4 is 4.74 Å². The van der Waals surface area contributed by atoms with E-state index in [0.717, 1.165) is 31.6 Å². The molecule has 0 saturated carbocycles. The average Bonchev–Trinajstić information content (AvgIpc) is 2.50. The van der Waals surface area contributed by atoms with Crippen molar-refractivity contribution in [1.82, 2.24) is 0 Å². The number of aliphatic hydroxyl groups excluding tert-OH is 2. The molecule has 2 N–H and O–H groups in total. The molecular weight excluding hydrogens is 276 g/mol. The first kappa shape index (κ1) is 19.0. The molecule has 0 fully saturated rings. The Morgan fingerprint density at radius 2 is 1.68 bits per heavy atom. The summed E-state index contributed by atoms with van der Waals surface area (Å²) in [6.45, 7) is 9.18. The average molecular weight is 308 g/mol. The maximum Gasteiger partial charge on any atom is 0.122 e. The molecule has 1 aromatic carbocycles. The molecule has 1 aromatic rings. The predicted molar refractivity (Wildman–Crippen MR) is 91.6 cm³/mol. The smallest absolute Gasteiger partial charge is 0.122 e. The highest BCUT2D eigenvalue weighted by Gasteiger charge is 2.16. The van der Waals surface area contributed by atoms with Gasteiger partial charge in [0.25, 0.3) is 0 Å². The molecule has 1 rings (SSSR count). The van der Waals surface area contributed by atoms with Crippen molar-refractivity contribution in [3.63, 3.8) is 0 Å². The minimum atomic E-state index is -0.640. The molecule has 2 unspecified atom stereocenters. The molecule has 0 aliphatic rings. The molecule has 2 atom stereocenters. The second-order valence-electron chi connectivity index (χ2n) is 6.34. The zero-order valence-electron chi connectivity index (χ0n) is 14.5. The van der Waals surface area contributed by atoms with E-state index in [2.05, 4.69) is 32.9 Å². The molecule has 0 saturated heterocycles. The largest absolute Gasteiger partial charge is 0.493 e. The molecule has 0 bridgehead atoms. The monoisotopic (exact) mass is 308 g/mol. The van der Waals surface area contributed by atoms with Crippen LogP contribution in [-0.2, 0) is 6.42 Å². The summed E-state index contributed by atoms with van der Waals surface area (Å²) in [7, 11) is 0. The maximum atomic E-state index is 9.98. The normalized spacial score (nSPS) is 14.1. The molecule has 3 nitrogen and oxygen atoms in total. The van der Waals surface area contributed by atoms with Gasteiger partial charge in [0.05, 0.1) is 18.8 Å². The Bertz CT molecular complexity index is 429. The van der Waals surface area contributed by atoms with Crippen LogP contribution in [0.1, 0.15) is 70.4 Å². The Labute approximate surface area is 135 Å². The van der Waals surface area contributed by atoms with Gasteiger partial charge in [-0.05, 0) is 48.8 Å². The third-order valence-electron chi connectivity index (χ3n) is 3.92. The summed E-state index contributed by atoms with van der Waals surface area (Å²) in [6, 6.07) is 6.28.